The van der Waals surface area contributed by atoms with Crippen molar-refractivity contribution in [3.05, 3.63) is 54.9 Å². The van der Waals surface area contributed by atoms with Crippen LogP contribution in [0.25, 0.3) is 22.2 Å². The van der Waals surface area contributed by atoms with Crippen molar-refractivity contribution in [3.63, 3.8) is 0 Å². The Labute approximate surface area is 183 Å². The molecule has 3 aromatic rings. The van der Waals surface area contributed by atoms with Crippen LogP contribution >= 0.6 is 24.8 Å². The van der Waals surface area contributed by atoms with Crippen LogP contribution in [0.4, 0.5) is 0 Å². The first-order valence-electron chi connectivity index (χ1n) is 9.48. The van der Waals surface area contributed by atoms with Gasteiger partial charge in [0, 0.05) is 49.5 Å². The summed E-state index contributed by atoms with van der Waals surface area (Å²) in [6, 6.07) is 14.1. The van der Waals surface area contributed by atoms with Gasteiger partial charge in [0.25, 0.3) is 0 Å². The SMILES string of the molecule is CCC(=O)N1CCC(Oc2ccc(-c3cnc4ccccc4c3)nc2)CC1.Cl.Cl. The number of carbonyl (C=O) groups is 1. The summed E-state index contributed by atoms with van der Waals surface area (Å²) >= 11 is 0. The zero-order valence-electron chi connectivity index (χ0n) is 16.3. The smallest absolute Gasteiger partial charge is 0.222 e. The predicted octanol–water partition coefficient (Wildman–Crippen LogP) is 4.92. The zero-order valence-corrected chi connectivity index (χ0v) is 17.9. The number of piperidine rings is 1. The molecule has 1 fully saturated rings. The highest BCUT2D eigenvalue weighted by molar-refractivity contribution is 5.85. The van der Waals surface area contributed by atoms with E-state index in [4.69, 9.17) is 4.74 Å². The summed E-state index contributed by atoms with van der Waals surface area (Å²) in [5, 5.41) is 1.10. The molecular formula is C22H25Cl2N3O2. The number of para-hydroxylation sites is 1. The predicted molar refractivity (Wildman–Crippen MR) is 120 cm³/mol. The first-order chi connectivity index (χ1) is 13.2. The molecule has 1 aromatic carbocycles. The molecular weight excluding hydrogens is 409 g/mol. The number of carbonyl (C=O) groups excluding carboxylic acids is 1. The zero-order chi connectivity index (χ0) is 18.6. The minimum Gasteiger partial charge on any atom is -0.489 e. The summed E-state index contributed by atoms with van der Waals surface area (Å²) in [7, 11) is 0. The normalized spacial score (nSPS) is 14.0. The minimum atomic E-state index is 0. The van der Waals surface area contributed by atoms with Gasteiger partial charge in [-0.1, -0.05) is 25.1 Å². The highest BCUT2D eigenvalue weighted by Gasteiger charge is 2.23. The van der Waals surface area contributed by atoms with Crippen LogP contribution in [0.5, 0.6) is 5.75 Å². The number of fused-ring (bicyclic) bond motifs is 1. The van der Waals surface area contributed by atoms with Crippen molar-refractivity contribution in [2.45, 2.75) is 32.3 Å². The summed E-state index contributed by atoms with van der Waals surface area (Å²) < 4.78 is 6.06. The van der Waals surface area contributed by atoms with Crippen molar-refractivity contribution in [1.82, 2.24) is 14.9 Å². The van der Waals surface area contributed by atoms with Gasteiger partial charge in [0.1, 0.15) is 11.9 Å². The van der Waals surface area contributed by atoms with Gasteiger partial charge in [-0.25, -0.2) is 0 Å². The first kappa shape index (κ1) is 22.9. The fourth-order valence-electron chi connectivity index (χ4n) is 3.47. The van der Waals surface area contributed by atoms with Gasteiger partial charge in [-0.15, -0.1) is 24.8 Å². The van der Waals surface area contributed by atoms with Crippen LogP contribution in [0.3, 0.4) is 0 Å². The second kappa shape index (κ2) is 10.4. The average Bonchev–Trinajstić information content (AvgIpc) is 2.74. The molecule has 0 atom stereocenters. The van der Waals surface area contributed by atoms with E-state index in [1.54, 1.807) is 6.20 Å². The maximum Gasteiger partial charge on any atom is 0.222 e. The fourth-order valence-corrected chi connectivity index (χ4v) is 3.47. The molecule has 29 heavy (non-hydrogen) atoms. The molecule has 0 N–H and O–H groups in total. The van der Waals surface area contributed by atoms with E-state index in [9.17, 15) is 4.79 Å². The number of halogens is 2. The second-order valence-corrected chi connectivity index (χ2v) is 6.85. The van der Waals surface area contributed by atoms with Crippen molar-refractivity contribution in [2.75, 3.05) is 13.1 Å². The molecule has 0 spiro atoms. The molecule has 0 aliphatic carbocycles. The number of amides is 1. The Morgan fingerprint density at radius 2 is 1.83 bits per heavy atom. The molecule has 0 bridgehead atoms. The van der Waals surface area contributed by atoms with Gasteiger partial charge in [0.15, 0.2) is 0 Å². The van der Waals surface area contributed by atoms with Crippen molar-refractivity contribution in [1.29, 1.82) is 0 Å². The van der Waals surface area contributed by atoms with Crippen LogP contribution in [-0.4, -0.2) is 40.0 Å². The highest BCUT2D eigenvalue weighted by atomic mass is 35.5. The average molecular weight is 434 g/mol. The van der Waals surface area contributed by atoms with E-state index < -0.39 is 0 Å². The van der Waals surface area contributed by atoms with E-state index in [2.05, 4.69) is 22.1 Å². The lowest BCUT2D eigenvalue weighted by Gasteiger charge is -2.32. The first-order valence-corrected chi connectivity index (χ1v) is 9.48. The molecule has 4 rings (SSSR count). The molecule has 1 amide bonds. The topological polar surface area (TPSA) is 55.3 Å². The van der Waals surface area contributed by atoms with Gasteiger partial charge in [-0.2, -0.15) is 0 Å². The van der Waals surface area contributed by atoms with E-state index in [0.29, 0.717) is 6.42 Å². The molecule has 7 heteroatoms. The lowest BCUT2D eigenvalue weighted by Crippen LogP contribution is -2.41. The largest absolute Gasteiger partial charge is 0.489 e. The van der Waals surface area contributed by atoms with Crippen LogP contribution in [0, 0.1) is 0 Å². The van der Waals surface area contributed by atoms with Crippen LogP contribution in [0.15, 0.2) is 54.9 Å². The number of pyridine rings is 2. The van der Waals surface area contributed by atoms with Crippen LogP contribution < -0.4 is 4.74 Å². The Bertz CT molecular complexity index is 942. The number of nitrogens with zero attached hydrogens (tertiary/aromatic N) is 3. The molecule has 1 saturated heterocycles. The van der Waals surface area contributed by atoms with Crippen molar-refractivity contribution in [2.24, 2.45) is 0 Å². The summed E-state index contributed by atoms with van der Waals surface area (Å²) in [6.45, 7) is 3.44. The third-order valence-corrected chi connectivity index (χ3v) is 5.02. The summed E-state index contributed by atoms with van der Waals surface area (Å²) in [4.78, 5) is 22.7. The van der Waals surface area contributed by atoms with Gasteiger partial charge >= 0.3 is 0 Å². The van der Waals surface area contributed by atoms with Gasteiger partial charge in [0.05, 0.1) is 17.4 Å². The quantitative estimate of drug-likeness (QED) is 0.585. The third kappa shape index (κ3) is 5.37. The molecule has 0 saturated carbocycles. The lowest BCUT2D eigenvalue weighted by atomic mass is 10.1. The Kier molecular flexibility index (Phi) is 8.23. The molecule has 2 aromatic heterocycles. The number of aromatic nitrogens is 2. The van der Waals surface area contributed by atoms with Crippen molar-refractivity contribution >= 4 is 41.6 Å². The Morgan fingerprint density at radius 1 is 1.07 bits per heavy atom. The number of ether oxygens (including phenoxy) is 1. The maximum atomic E-state index is 11.8. The Morgan fingerprint density at radius 3 is 2.52 bits per heavy atom. The molecule has 3 heterocycles. The monoisotopic (exact) mass is 433 g/mol. The fraction of sp³-hybridized carbons (Fsp3) is 0.318. The third-order valence-electron chi connectivity index (χ3n) is 5.02. The molecule has 154 valence electrons. The van der Waals surface area contributed by atoms with E-state index in [0.717, 1.165) is 53.8 Å². The summed E-state index contributed by atoms with van der Waals surface area (Å²) in [6.07, 6.45) is 6.06. The van der Waals surface area contributed by atoms with E-state index in [1.165, 1.54) is 0 Å². The van der Waals surface area contributed by atoms with Crippen molar-refractivity contribution in [3.8, 4) is 17.0 Å². The van der Waals surface area contributed by atoms with E-state index in [-0.39, 0.29) is 36.8 Å². The number of hydrogen-bond donors (Lipinski definition) is 0. The molecule has 1 aliphatic rings. The minimum absolute atomic E-state index is 0. The maximum absolute atomic E-state index is 11.8. The van der Waals surface area contributed by atoms with E-state index in [1.807, 2.05) is 48.4 Å². The highest BCUT2D eigenvalue weighted by Crippen LogP contribution is 2.24. The Balaban J connectivity index is 0.00000150. The molecule has 5 nitrogen and oxygen atoms in total. The summed E-state index contributed by atoms with van der Waals surface area (Å²) in [5.74, 6) is 0.997. The standard InChI is InChI=1S/C22H23N3O2.2ClH/c1-2-22(26)25-11-9-18(10-12-25)27-19-7-8-21(24-15-19)17-13-16-5-3-4-6-20(16)23-14-17;;/h3-8,13-15,18H,2,9-12H2,1H3;2*1H. The number of hydrogen-bond acceptors (Lipinski definition) is 4. The Hall–Kier alpha value is -2.37. The van der Waals surface area contributed by atoms with Gasteiger partial charge in [0.2, 0.25) is 5.91 Å². The number of rotatable bonds is 4. The van der Waals surface area contributed by atoms with Crippen LogP contribution in [0.2, 0.25) is 0 Å². The molecule has 1 aliphatic heterocycles. The van der Waals surface area contributed by atoms with Crippen molar-refractivity contribution < 1.29 is 9.53 Å². The van der Waals surface area contributed by atoms with Gasteiger partial charge < -0.3 is 9.64 Å². The number of benzene rings is 1. The molecule has 0 radical (unpaired) electrons. The van der Waals surface area contributed by atoms with Crippen LogP contribution in [-0.2, 0) is 4.79 Å². The summed E-state index contributed by atoms with van der Waals surface area (Å²) in [5.41, 5.74) is 2.85. The van der Waals surface area contributed by atoms with Crippen LogP contribution in [0.1, 0.15) is 26.2 Å². The molecule has 0 unspecified atom stereocenters. The number of likely N-dealkylation sites (tertiary alicyclic amines) is 1. The second-order valence-electron chi connectivity index (χ2n) is 6.85. The van der Waals surface area contributed by atoms with E-state index >= 15 is 0 Å². The van der Waals surface area contributed by atoms with Gasteiger partial charge in [-0.3, -0.25) is 14.8 Å². The van der Waals surface area contributed by atoms with Gasteiger partial charge in [-0.05, 0) is 24.3 Å². The lowest BCUT2D eigenvalue weighted by molar-refractivity contribution is -0.132.